The molecule has 0 aliphatic carbocycles. The molecule has 0 spiro atoms. The molecule has 0 unspecified atom stereocenters. The predicted octanol–water partition coefficient (Wildman–Crippen LogP) is 2.71. The van der Waals surface area contributed by atoms with E-state index in [4.69, 9.17) is 0 Å². The van der Waals surface area contributed by atoms with Gasteiger partial charge in [0.1, 0.15) is 0 Å². The van der Waals surface area contributed by atoms with Crippen LogP contribution in [0.4, 0.5) is 5.69 Å². The molecule has 1 aliphatic rings. The Bertz CT molecular complexity index is 727. The Balaban J connectivity index is 1.55. The fraction of sp³-hybridized carbons (Fsp3) is 0.300. The Kier molecular flexibility index (Phi) is 4.94. The number of nitrogens with one attached hydrogen (secondary N) is 1. The highest BCUT2D eigenvalue weighted by atomic mass is 16.2. The van der Waals surface area contributed by atoms with Crippen molar-refractivity contribution >= 4 is 17.5 Å². The van der Waals surface area contributed by atoms with Gasteiger partial charge in [-0.05, 0) is 30.5 Å². The van der Waals surface area contributed by atoms with Crippen molar-refractivity contribution in [2.45, 2.75) is 19.8 Å². The molecule has 4 nitrogen and oxygen atoms in total. The number of hydrogen-bond acceptors (Lipinski definition) is 2. The maximum atomic E-state index is 12.4. The fourth-order valence-corrected chi connectivity index (χ4v) is 3.10. The van der Waals surface area contributed by atoms with Crippen LogP contribution in [0.5, 0.6) is 0 Å². The number of para-hydroxylation sites is 1. The molecule has 1 N–H and O–H groups in total. The maximum absolute atomic E-state index is 12.4. The van der Waals surface area contributed by atoms with Crippen LogP contribution in [0.25, 0.3) is 0 Å². The predicted molar refractivity (Wildman–Crippen MR) is 94.8 cm³/mol. The van der Waals surface area contributed by atoms with Gasteiger partial charge in [-0.3, -0.25) is 9.59 Å². The molecule has 1 fully saturated rings. The van der Waals surface area contributed by atoms with E-state index in [9.17, 15) is 9.59 Å². The topological polar surface area (TPSA) is 49.4 Å². The van der Waals surface area contributed by atoms with Crippen molar-refractivity contribution in [1.29, 1.82) is 0 Å². The molecule has 0 saturated carbocycles. The van der Waals surface area contributed by atoms with Gasteiger partial charge in [0.05, 0.1) is 5.92 Å². The number of hydrogen-bond donors (Lipinski definition) is 1. The van der Waals surface area contributed by atoms with Gasteiger partial charge in [0, 0.05) is 25.2 Å². The first-order valence-electron chi connectivity index (χ1n) is 8.33. The maximum Gasteiger partial charge on any atom is 0.227 e. The molecule has 1 saturated heterocycles. The number of anilines is 1. The molecule has 2 aromatic carbocycles. The van der Waals surface area contributed by atoms with Gasteiger partial charge in [0.25, 0.3) is 0 Å². The van der Waals surface area contributed by atoms with Gasteiger partial charge in [-0.15, -0.1) is 0 Å². The van der Waals surface area contributed by atoms with E-state index >= 15 is 0 Å². The third-order valence-electron chi connectivity index (χ3n) is 4.46. The monoisotopic (exact) mass is 322 g/mol. The van der Waals surface area contributed by atoms with Crippen LogP contribution in [0.3, 0.4) is 0 Å². The first kappa shape index (κ1) is 16.2. The molecule has 1 aliphatic heterocycles. The first-order valence-corrected chi connectivity index (χ1v) is 8.33. The van der Waals surface area contributed by atoms with Crippen LogP contribution in [0, 0.1) is 12.8 Å². The second kappa shape index (κ2) is 7.30. The lowest BCUT2D eigenvalue weighted by atomic mass is 10.1. The minimum atomic E-state index is -0.270. The highest BCUT2D eigenvalue weighted by Crippen LogP contribution is 2.27. The van der Waals surface area contributed by atoms with E-state index in [0.29, 0.717) is 13.1 Å². The van der Waals surface area contributed by atoms with E-state index in [1.54, 1.807) is 4.90 Å². The van der Waals surface area contributed by atoms with Crippen molar-refractivity contribution in [2.75, 3.05) is 18.0 Å². The average molecular weight is 322 g/mol. The Morgan fingerprint density at radius 3 is 2.58 bits per heavy atom. The van der Waals surface area contributed by atoms with Crippen molar-refractivity contribution in [2.24, 2.45) is 5.92 Å². The van der Waals surface area contributed by atoms with Crippen molar-refractivity contribution in [3.63, 3.8) is 0 Å². The van der Waals surface area contributed by atoms with Crippen LogP contribution >= 0.6 is 0 Å². The summed E-state index contributed by atoms with van der Waals surface area (Å²) in [5, 5.41) is 2.96. The molecule has 0 aromatic heterocycles. The molecule has 3 rings (SSSR count). The number of nitrogens with zero attached hydrogens (tertiary/aromatic N) is 1. The van der Waals surface area contributed by atoms with Gasteiger partial charge in [-0.2, -0.15) is 0 Å². The Morgan fingerprint density at radius 1 is 1.12 bits per heavy atom. The highest BCUT2D eigenvalue weighted by molar-refractivity contribution is 6.00. The lowest BCUT2D eigenvalue weighted by Crippen LogP contribution is -2.34. The van der Waals surface area contributed by atoms with E-state index in [1.165, 1.54) is 5.56 Å². The van der Waals surface area contributed by atoms with E-state index in [0.717, 1.165) is 17.7 Å². The van der Waals surface area contributed by atoms with E-state index in [-0.39, 0.29) is 24.2 Å². The Labute approximate surface area is 142 Å². The normalized spacial score (nSPS) is 17.1. The van der Waals surface area contributed by atoms with Gasteiger partial charge in [0.2, 0.25) is 11.8 Å². The van der Waals surface area contributed by atoms with Crippen LogP contribution in [0.1, 0.15) is 17.5 Å². The molecule has 4 heteroatoms. The summed E-state index contributed by atoms with van der Waals surface area (Å²) < 4.78 is 0. The van der Waals surface area contributed by atoms with Crippen molar-refractivity contribution in [1.82, 2.24) is 5.32 Å². The quantitative estimate of drug-likeness (QED) is 0.920. The zero-order valence-electron chi connectivity index (χ0n) is 13.9. The summed E-state index contributed by atoms with van der Waals surface area (Å²) in [6.07, 6.45) is 1.08. The smallest absolute Gasteiger partial charge is 0.227 e. The van der Waals surface area contributed by atoms with Gasteiger partial charge in [0.15, 0.2) is 0 Å². The third-order valence-corrected chi connectivity index (χ3v) is 4.46. The molecule has 0 bridgehead atoms. The lowest BCUT2D eigenvalue weighted by Gasteiger charge is -2.19. The summed E-state index contributed by atoms with van der Waals surface area (Å²) in [6.45, 7) is 3.04. The van der Waals surface area contributed by atoms with Crippen LogP contribution in [-0.4, -0.2) is 24.9 Å². The van der Waals surface area contributed by atoms with Gasteiger partial charge >= 0.3 is 0 Å². The zero-order chi connectivity index (χ0) is 16.9. The largest absolute Gasteiger partial charge is 0.355 e. The summed E-state index contributed by atoms with van der Waals surface area (Å²) in [4.78, 5) is 26.4. The third kappa shape index (κ3) is 3.65. The van der Waals surface area contributed by atoms with Crippen molar-refractivity contribution in [3.05, 3.63) is 65.7 Å². The van der Waals surface area contributed by atoms with Gasteiger partial charge in [-0.25, -0.2) is 0 Å². The Hall–Kier alpha value is -2.62. The summed E-state index contributed by atoms with van der Waals surface area (Å²) in [7, 11) is 0. The van der Waals surface area contributed by atoms with Gasteiger partial charge in [-0.1, -0.05) is 48.5 Å². The molecule has 0 radical (unpaired) electrons. The second-order valence-corrected chi connectivity index (χ2v) is 6.22. The van der Waals surface area contributed by atoms with E-state index in [1.807, 2.05) is 61.5 Å². The molecule has 1 atom stereocenters. The minimum Gasteiger partial charge on any atom is -0.355 e. The average Bonchev–Trinajstić information content (AvgIpc) is 2.98. The number of benzene rings is 2. The van der Waals surface area contributed by atoms with E-state index < -0.39 is 0 Å². The van der Waals surface area contributed by atoms with Gasteiger partial charge < -0.3 is 10.2 Å². The molecule has 24 heavy (non-hydrogen) atoms. The van der Waals surface area contributed by atoms with Crippen molar-refractivity contribution in [3.8, 4) is 0 Å². The molecule has 124 valence electrons. The van der Waals surface area contributed by atoms with E-state index in [2.05, 4.69) is 5.32 Å². The van der Waals surface area contributed by atoms with Crippen LogP contribution in [0.2, 0.25) is 0 Å². The number of carbonyl (C=O) groups is 2. The van der Waals surface area contributed by atoms with Crippen LogP contribution in [0.15, 0.2) is 54.6 Å². The second-order valence-electron chi connectivity index (χ2n) is 6.22. The summed E-state index contributed by atoms with van der Waals surface area (Å²) in [5.74, 6) is -0.282. The fourth-order valence-electron chi connectivity index (χ4n) is 3.10. The number of rotatable bonds is 5. The van der Waals surface area contributed by atoms with Crippen LogP contribution < -0.4 is 10.2 Å². The zero-order valence-corrected chi connectivity index (χ0v) is 13.9. The van der Waals surface area contributed by atoms with Crippen molar-refractivity contribution < 1.29 is 9.59 Å². The number of amides is 2. The summed E-state index contributed by atoms with van der Waals surface area (Å²) >= 11 is 0. The summed E-state index contributed by atoms with van der Waals surface area (Å²) in [6, 6.07) is 17.8. The Morgan fingerprint density at radius 2 is 1.83 bits per heavy atom. The molecular weight excluding hydrogens is 300 g/mol. The van der Waals surface area contributed by atoms with Crippen LogP contribution in [-0.2, 0) is 16.0 Å². The molecular formula is C20H22N2O2. The minimum absolute atomic E-state index is 0.0208. The molecule has 2 aromatic rings. The number of carbonyl (C=O) groups excluding carboxylic acids is 2. The lowest BCUT2D eigenvalue weighted by molar-refractivity contribution is -0.126. The molecule has 2 amide bonds. The SMILES string of the molecule is Cc1ccccc1N1C[C@@H](C(=O)NCCc2ccccc2)CC1=O. The standard InChI is InChI=1S/C20H22N2O2/c1-15-7-5-6-10-18(15)22-14-17(13-19(22)23)20(24)21-12-11-16-8-3-2-4-9-16/h2-10,17H,11-14H2,1H3,(H,21,24)/t17-/m0/s1. The first-order chi connectivity index (χ1) is 11.6. The number of aryl methyl sites for hydroxylation is 1. The molecule has 1 heterocycles. The highest BCUT2D eigenvalue weighted by Gasteiger charge is 2.35. The summed E-state index contributed by atoms with van der Waals surface area (Å²) in [5.41, 5.74) is 3.15.